The van der Waals surface area contributed by atoms with Gasteiger partial charge in [-0.1, -0.05) is 36.4 Å². The molecule has 0 aliphatic heterocycles. The summed E-state index contributed by atoms with van der Waals surface area (Å²) in [7, 11) is 0. The minimum absolute atomic E-state index is 0.0928. The van der Waals surface area contributed by atoms with Crippen LogP contribution in [0.5, 0.6) is 0 Å². The topological polar surface area (TPSA) is 75.3 Å². The first kappa shape index (κ1) is 16.2. The number of anilines is 1. The fourth-order valence-corrected chi connectivity index (χ4v) is 2.83. The van der Waals surface area contributed by atoms with E-state index in [1.807, 2.05) is 0 Å². The molecule has 6 heteroatoms. The lowest BCUT2D eigenvalue weighted by atomic mass is 9.83. The van der Waals surface area contributed by atoms with Crippen LogP contribution in [0.3, 0.4) is 0 Å². The average Bonchev–Trinajstić information content (AvgIpc) is 2.62. The Bertz CT molecular complexity index is 833. The molecule has 0 fully saturated rings. The first-order valence-corrected chi connectivity index (χ1v) is 8.05. The van der Waals surface area contributed by atoms with Crippen LogP contribution in [-0.2, 0) is 4.79 Å². The van der Waals surface area contributed by atoms with Crippen molar-refractivity contribution in [2.24, 2.45) is 0 Å². The van der Waals surface area contributed by atoms with Gasteiger partial charge in [0.15, 0.2) is 11.6 Å². The molecule has 0 bridgehead atoms. The Balaban J connectivity index is 1.86. The lowest BCUT2D eigenvalue weighted by Gasteiger charge is -2.20. The summed E-state index contributed by atoms with van der Waals surface area (Å²) in [6.45, 7) is 0.788. The Labute approximate surface area is 144 Å². The molecule has 1 aliphatic rings. The van der Waals surface area contributed by atoms with Crippen molar-refractivity contribution in [2.45, 2.75) is 0 Å². The summed E-state index contributed by atoms with van der Waals surface area (Å²) in [6.07, 6.45) is 0. The summed E-state index contributed by atoms with van der Waals surface area (Å²) in [6, 6.07) is 12.0. The predicted molar refractivity (Wildman–Crippen MR) is 92.0 cm³/mol. The van der Waals surface area contributed by atoms with Crippen LogP contribution in [0.1, 0.15) is 31.8 Å². The first-order valence-electron chi connectivity index (χ1n) is 7.51. The zero-order valence-corrected chi connectivity index (χ0v) is 13.5. The summed E-state index contributed by atoms with van der Waals surface area (Å²) < 4.78 is 0. The second-order valence-electron chi connectivity index (χ2n) is 5.34. The molecule has 0 aromatic heterocycles. The molecule has 0 heterocycles. The van der Waals surface area contributed by atoms with Gasteiger partial charge in [-0.15, -0.1) is 11.6 Å². The van der Waals surface area contributed by atoms with Gasteiger partial charge in [0.2, 0.25) is 5.91 Å². The molecule has 0 spiro atoms. The Morgan fingerprint density at radius 3 is 2.25 bits per heavy atom. The van der Waals surface area contributed by atoms with E-state index in [1.165, 1.54) is 0 Å². The van der Waals surface area contributed by atoms with E-state index in [-0.39, 0.29) is 23.4 Å². The molecule has 1 aliphatic carbocycles. The van der Waals surface area contributed by atoms with Crippen LogP contribution in [0.4, 0.5) is 5.69 Å². The van der Waals surface area contributed by atoms with Gasteiger partial charge in [0.1, 0.15) is 5.88 Å². The van der Waals surface area contributed by atoms with E-state index in [1.54, 1.807) is 42.5 Å². The molecule has 0 unspecified atom stereocenters. The quantitative estimate of drug-likeness (QED) is 0.551. The summed E-state index contributed by atoms with van der Waals surface area (Å²) in [5, 5.41) is 5.74. The van der Waals surface area contributed by atoms with Crippen molar-refractivity contribution in [1.82, 2.24) is 5.32 Å². The van der Waals surface area contributed by atoms with E-state index < -0.39 is 0 Å². The van der Waals surface area contributed by atoms with Crippen molar-refractivity contribution in [3.05, 3.63) is 64.7 Å². The number of hydrogen-bond acceptors (Lipinski definition) is 4. The van der Waals surface area contributed by atoms with Crippen molar-refractivity contribution in [1.29, 1.82) is 0 Å². The average molecular weight is 343 g/mol. The Morgan fingerprint density at radius 2 is 1.54 bits per heavy atom. The summed E-state index contributed by atoms with van der Waals surface area (Å²) in [5.74, 6) is -0.675. The highest BCUT2D eigenvalue weighted by Gasteiger charge is 2.31. The molecule has 122 valence electrons. The molecule has 2 aromatic rings. The number of hydrogen-bond donors (Lipinski definition) is 2. The predicted octanol–water partition coefficient (Wildman–Crippen LogP) is 2.23. The lowest BCUT2D eigenvalue weighted by molar-refractivity contribution is -0.118. The minimum atomic E-state index is -0.256. The molecule has 2 aromatic carbocycles. The highest BCUT2D eigenvalue weighted by atomic mass is 35.5. The SMILES string of the molecule is O=C(CCl)NCCNc1cccc2c1C(=O)c1ccccc1C2=O. The van der Waals surface area contributed by atoms with Gasteiger partial charge in [-0.3, -0.25) is 14.4 Å². The van der Waals surface area contributed by atoms with Gasteiger partial charge in [-0.2, -0.15) is 0 Å². The number of fused-ring (bicyclic) bond motifs is 2. The van der Waals surface area contributed by atoms with Crippen LogP contribution >= 0.6 is 11.6 Å². The maximum atomic E-state index is 12.8. The molecular formula is C18H15ClN2O3. The lowest BCUT2D eigenvalue weighted by Crippen LogP contribution is -2.30. The van der Waals surface area contributed by atoms with Crippen molar-refractivity contribution in [2.75, 3.05) is 24.3 Å². The minimum Gasteiger partial charge on any atom is -0.383 e. The third-order valence-electron chi connectivity index (χ3n) is 3.84. The number of halogens is 1. The maximum absolute atomic E-state index is 12.8. The Hall–Kier alpha value is -2.66. The number of carbonyl (C=O) groups excluding carboxylic acids is 3. The van der Waals surface area contributed by atoms with E-state index in [9.17, 15) is 14.4 Å². The largest absolute Gasteiger partial charge is 0.383 e. The van der Waals surface area contributed by atoms with Gasteiger partial charge < -0.3 is 10.6 Å². The van der Waals surface area contributed by atoms with Gasteiger partial charge in [-0.25, -0.2) is 0 Å². The van der Waals surface area contributed by atoms with E-state index in [4.69, 9.17) is 11.6 Å². The highest BCUT2D eigenvalue weighted by molar-refractivity contribution is 6.30. The van der Waals surface area contributed by atoms with Gasteiger partial charge >= 0.3 is 0 Å². The monoisotopic (exact) mass is 342 g/mol. The number of alkyl halides is 1. The van der Waals surface area contributed by atoms with Crippen molar-refractivity contribution < 1.29 is 14.4 Å². The van der Waals surface area contributed by atoms with Gasteiger partial charge in [0, 0.05) is 35.5 Å². The second kappa shape index (κ2) is 6.84. The molecule has 1 amide bonds. The van der Waals surface area contributed by atoms with Crippen LogP contribution in [0, 0.1) is 0 Å². The number of amides is 1. The molecule has 0 radical (unpaired) electrons. The zero-order valence-electron chi connectivity index (χ0n) is 12.8. The molecule has 2 N–H and O–H groups in total. The van der Waals surface area contributed by atoms with Crippen LogP contribution in [-0.4, -0.2) is 36.4 Å². The Morgan fingerprint density at radius 1 is 0.875 bits per heavy atom. The summed E-state index contributed by atoms with van der Waals surface area (Å²) in [5.41, 5.74) is 2.21. The molecule has 3 rings (SSSR count). The molecule has 0 saturated heterocycles. The zero-order chi connectivity index (χ0) is 17.1. The molecule has 0 atom stereocenters. The van der Waals surface area contributed by atoms with E-state index >= 15 is 0 Å². The van der Waals surface area contributed by atoms with E-state index in [0.717, 1.165) is 0 Å². The molecule has 0 saturated carbocycles. The summed E-state index contributed by atoms with van der Waals surface area (Å²) >= 11 is 5.41. The third kappa shape index (κ3) is 2.90. The fourth-order valence-electron chi connectivity index (χ4n) is 2.74. The highest BCUT2D eigenvalue weighted by Crippen LogP contribution is 2.31. The molecule has 5 nitrogen and oxygen atoms in total. The first-order chi connectivity index (χ1) is 11.6. The summed E-state index contributed by atoms with van der Waals surface area (Å²) in [4.78, 5) is 36.5. The number of ketones is 2. The standard InChI is InChI=1S/C18H15ClN2O3/c19-10-15(22)21-9-8-20-14-7-3-6-13-16(14)18(24)12-5-2-1-4-11(12)17(13)23/h1-7,20H,8-10H2,(H,21,22). The maximum Gasteiger partial charge on any atom is 0.234 e. The van der Waals surface area contributed by atoms with Gasteiger partial charge in [0.25, 0.3) is 0 Å². The van der Waals surface area contributed by atoms with E-state index in [2.05, 4.69) is 10.6 Å². The third-order valence-corrected chi connectivity index (χ3v) is 4.08. The smallest absolute Gasteiger partial charge is 0.234 e. The van der Waals surface area contributed by atoms with Gasteiger partial charge in [0.05, 0.1) is 5.56 Å². The fraction of sp³-hybridized carbons (Fsp3) is 0.167. The number of carbonyl (C=O) groups is 3. The van der Waals surface area contributed by atoms with E-state index in [0.29, 0.717) is 41.0 Å². The number of benzene rings is 2. The second-order valence-corrected chi connectivity index (χ2v) is 5.61. The Kier molecular flexibility index (Phi) is 4.62. The van der Waals surface area contributed by atoms with Crippen molar-refractivity contribution >= 4 is 34.8 Å². The van der Waals surface area contributed by atoms with Crippen LogP contribution in [0.15, 0.2) is 42.5 Å². The van der Waals surface area contributed by atoms with Crippen LogP contribution in [0.2, 0.25) is 0 Å². The van der Waals surface area contributed by atoms with Crippen LogP contribution in [0.25, 0.3) is 0 Å². The number of rotatable bonds is 5. The molecular weight excluding hydrogens is 328 g/mol. The normalized spacial score (nSPS) is 12.4. The van der Waals surface area contributed by atoms with Gasteiger partial charge in [-0.05, 0) is 6.07 Å². The number of nitrogens with one attached hydrogen (secondary N) is 2. The van der Waals surface area contributed by atoms with Crippen molar-refractivity contribution in [3.8, 4) is 0 Å². The molecule has 24 heavy (non-hydrogen) atoms. The van der Waals surface area contributed by atoms with Crippen molar-refractivity contribution in [3.63, 3.8) is 0 Å². The van der Waals surface area contributed by atoms with Crippen LogP contribution < -0.4 is 10.6 Å².